The van der Waals surface area contributed by atoms with E-state index in [1.807, 2.05) is 18.2 Å². The van der Waals surface area contributed by atoms with Gasteiger partial charge in [0.05, 0.1) is 0 Å². The van der Waals surface area contributed by atoms with Crippen molar-refractivity contribution in [3.8, 4) is 0 Å². The number of aromatic nitrogens is 2. The van der Waals surface area contributed by atoms with Crippen LogP contribution in [0.3, 0.4) is 0 Å². The first-order valence-electron chi connectivity index (χ1n) is 6.85. The van der Waals surface area contributed by atoms with Crippen molar-refractivity contribution in [1.29, 1.82) is 0 Å². The van der Waals surface area contributed by atoms with Crippen LogP contribution in [0.25, 0.3) is 0 Å². The first-order chi connectivity index (χ1) is 10.2. The molecule has 2 N–H and O–H groups in total. The van der Waals surface area contributed by atoms with Gasteiger partial charge in [-0.2, -0.15) is 0 Å². The summed E-state index contributed by atoms with van der Waals surface area (Å²) in [7, 11) is 0. The molecule has 1 fully saturated rings. The summed E-state index contributed by atoms with van der Waals surface area (Å²) in [5.74, 6) is 0.553. The predicted octanol–water partition coefficient (Wildman–Crippen LogP) is 1.87. The fourth-order valence-corrected chi connectivity index (χ4v) is 2.47. The highest BCUT2D eigenvalue weighted by Gasteiger charge is 2.23. The van der Waals surface area contributed by atoms with Gasteiger partial charge >= 0.3 is 5.97 Å². The Kier molecular flexibility index (Phi) is 3.68. The van der Waals surface area contributed by atoms with Gasteiger partial charge in [-0.15, -0.1) is 0 Å². The van der Waals surface area contributed by atoms with Gasteiger partial charge in [0.2, 0.25) is 0 Å². The fraction of sp³-hybridized carbons (Fsp3) is 0.267. The molecule has 0 radical (unpaired) electrons. The van der Waals surface area contributed by atoms with Crippen LogP contribution in [0.5, 0.6) is 0 Å². The summed E-state index contributed by atoms with van der Waals surface area (Å²) >= 11 is 0. The van der Waals surface area contributed by atoms with Crippen molar-refractivity contribution in [1.82, 2.24) is 9.97 Å². The average Bonchev–Trinajstić information content (AvgIpc) is 2.97. The summed E-state index contributed by atoms with van der Waals surface area (Å²) in [6.45, 7) is 1.75. The van der Waals surface area contributed by atoms with E-state index in [0.29, 0.717) is 5.82 Å². The fourth-order valence-electron chi connectivity index (χ4n) is 2.47. The minimum Gasteiger partial charge on any atom is -0.477 e. The Morgan fingerprint density at radius 2 is 2.19 bits per heavy atom. The molecule has 1 atom stereocenters. The molecule has 108 valence electrons. The molecule has 3 rings (SSSR count). The summed E-state index contributed by atoms with van der Waals surface area (Å²) < 4.78 is 0. The second kappa shape index (κ2) is 5.78. The summed E-state index contributed by atoms with van der Waals surface area (Å²) in [5.41, 5.74) is 0.0552. The quantitative estimate of drug-likeness (QED) is 0.892. The maximum absolute atomic E-state index is 10.9. The molecule has 2 aromatic rings. The number of nitrogens with one attached hydrogen (secondary N) is 1. The van der Waals surface area contributed by atoms with Gasteiger partial charge in [-0.05, 0) is 30.7 Å². The summed E-state index contributed by atoms with van der Waals surface area (Å²) in [5, 5.41) is 12.2. The number of anilines is 2. The van der Waals surface area contributed by atoms with Gasteiger partial charge in [0.1, 0.15) is 11.6 Å². The average molecular weight is 284 g/mol. The third kappa shape index (κ3) is 3.10. The van der Waals surface area contributed by atoms with Gasteiger partial charge in [-0.1, -0.05) is 12.1 Å². The van der Waals surface area contributed by atoms with Crippen LogP contribution in [0.15, 0.2) is 42.6 Å². The molecule has 0 aliphatic carbocycles. The van der Waals surface area contributed by atoms with Crippen LogP contribution >= 0.6 is 0 Å². The van der Waals surface area contributed by atoms with E-state index < -0.39 is 5.97 Å². The lowest BCUT2D eigenvalue weighted by Gasteiger charge is -2.18. The highest BCUT2D eigenvalue weighted by molar-refractivity contribution is 5.85. The number of carboxylic acids is 1. The lowest BCUT2D eigenvalue weighted by atomic mass is 10.2. The number of rotatable bonds is 4. The molecule has 3 heterocycles. The largest absolute Gasteiger partial charge is 0.477 e. The van der Waals surface area contributed by atoms with Crippen molar-refractivity contribution in [2.24, 2.45) is 0 Å². The third-order valence-electron chi connectivity index (χ3n) is 3.48. The molecule has 6 nitrogen and oxygen atoms in total. The Bertz CT molecular complexity index is 633. The second-order valence-corrected chi connectivity index (χ2v) is 4.98. The van der Waals surface area contributed by atoms with Crippen molar-refractivity contribution in [3.63, 3.8) is 0 Å². The van der Waals surface area contributed by atoms with E-state index in [-0.39, 0.29) is 11.7 Å². The molecule has 1 aliphatic rings. The Labute approximate surface area is 122 Å². The van der Waals surface area contributed by atoms with Crippen LogP contribution in [-0.4, -0.2) is 40.2 Å². The van der Waals surface area contributed by atoms with E-state index in [9.17, 15) is 4.79 Å². The van der Waals surface area contributed by atoms with Crippen LogP contribution < -0.4 is 10.2 Å². The molecule has 6 heteroatoms. The molecule has 1 saturated heterocycles. The zero-order valence-electron chi connectivity index (χ0n) is 11.4. The molecule has 0 saturated carbocycles. The maximum Gasteiger partial charge on any atom is 0.354 e. The maximum atomic E-state index is 10.9. The van der Waals surface area contributed by atoms with E-state index in [1.54, 1.807) is 18.3 Å². The van der Waals surface area contributed by atoms with Crippen molar-refractivity contribution in [3.05, 3.63) is 48.3 Å². The molecule has 1 aliphatic heterocycles. The summed E-state index contributed by atoms with van der Waals surface area (Å²) in [6, 6.07) is 11.1. The standard InChI is InChI=1S/C15H16N4O2/c20-15(21)12-4-3-5-13(18-12)17-11-7-9-19(10-11)14-6-1-2-8-16-14/h1-6,8,11H,7,9-10H2,(H,17,18)(H,20,21). The number of carboxylic acid groups (broad SMARTS) is 1. The highest BCUT2D eigenvalue weighted by atomic mass is 16.4. The minimum absolute atomic E-state index is 0.0552. The molecular formula is C15H16N4O2. The lowest BCUT2D eigenvalue weighted by Crippen LogP contribution is -2.27. The smallest absolute Gasteiger partial charge is 0.354 e. The molecule has 0 aromatic carbocycles. The Balaban J connectivity index is 1.65. The van der Waals surface area contributed by atoms with Gasteiger partial charge in [-0.25, -0.2) is 14.8 Å². The van der Waals surface area contributed by atoms with Crippen LogP contribution in [0, 0.1) is 0 Å². The Morgan fingerprint density at radius 1 is 1.29 bits per heavy atom. The molecule has 2 aromatic heterocycles. The van der Waals surface area contributed by atoms with E-state index in [4.69, 9.17) is 5.11 Å². The molecule has 0 bridgehead atoms. The van der Waals surface area contributed by atoms with Crippen molar-refractivity contribution in [2.45, 2.75) is 12.5 Å². The van der Waals surface area contributed by atoms with Crippen molar-refractivity contribution < 1.29 is 9.90 Å². The van der Waals surface area contributed by atoms with E-state index in [2.05, 4.69) is 20.2 Å². The van der Waals surface area contributed by atoms with Crippen molar-refractivity contribution >= 4 is 17.6 Å². The van der Waals surface area contributed by atoms with Crippen LogP contribution in [0.4, 0.5) is 11.6 Å². The predicted molar refractivity (Wildman–Crippen MR) is 79.7 cm³/mol. The highest BCUT2D eigenvalue weighted by Crippen LogP contribution is 2.19. The number of carbonyl (C=O) groups is 1. The van der Waals surface area contributed by atoms with Gasteiger partial charge in [0.25, 0.3) is 0 Å². The molecule has 0 spiro atoms. The Hall–Kier alpha value is -2.63. The molecule has 1 unspecified atom stereocenters. The SMILES string of the molecule is O=C(O)c1cccc(NC2CCN(c3ccccn3)C2)n1. The summed E-state index contributed by atoms with van der Waals surface area (Å²) in [6.07, 6.45) is 2.75. The van der Waals surface area contributed by atoms with Gasteiger partial charge in [0.15, 0.2) is 5.69 Å². The van der Waals surface area contributed by atoms with E-state index in [0.717, 1.165) is 25.3 Å². The first kappa shape index (κ1) is 13.4. The number of nitrogens with zero attached hydrogens (tertiary/aromatic N) is 3. The number of hydrogen-bond acceptors (Lipinski definition) is 5. The van der Waals surface area contributed by atoms with E-state index >= 15 is 0 Å². The topological polar surface area (TPSA) is 78.4 Å². The second-order valence-electron chi connectivity index (χ2n) is 4.98. The third-order valence-corrected chi connectivity index (χ3v) is 3.48. The molecule has 0 amide bonds. The number of hydrogen-bond donors (Lipinski definition) is 2. The lowest BCUT2D eigenvalue weighted by molar-refractivity contribution is 0.0690. The monoisotopic (exact) mass is 284 g/mol. The van der Waals surface area contributed by atoms with Gasteiger partial charge in [0, 0.05) is 25.3 Å². The van der Waals surface area contributed by atoms with Crippen LogP contribution in [0.2, 0.25) is 0 Å². The Morgan fingerprint density at radius 3 is 2.95 bits per heavy atom. The zero-order valence-corrected chi connectivity index (χ0v) is 11.4. The minimum atomic E-state index is -1.01. The van der Waals surface area contributed by atoms with Gasteiger partial charge in [-0.3, -0.25) is 0 Å². The number of pyridine rings is 2. The number of aromatic carboxylic acids is 1. The van der Waals surface area contributed by atoms with Crippen LogP contribution in [0.1, 0.15) is 16.9 Å². The van der Waals surface area contributed by atoms with E-state index in [1.165, 1.54) is 6.07 Å². The van der Waals surface area contributed by atoms with Crippen molar-refractivity contribution in [2.75, 3.05) is 23.3 Å². The van der Waals surface area contributed by atoms with Gasteiger partial charge < -0.3 is 15.3 Å². The summed E-state index contributed by atoms with van der Waals surface area (Å²) in [4.78, 5) is 21.6. The zero-order chi connectivity index (χ0) is 14.7. The molecular weight excluding hydrogens is 268 g/mol. The van der Waals surface area contributed by atoms with Crippen LogP contribution in [-0.2, 0) is 0 Å². The normalized spacial score (nSPS) is 17.7. The first-order valence-corrected chi connectivity index (χ1v) is 6.85. The molecule has 21 heavy (non-hydrogen) atoms.